The largest absolute Gasteiger partial charge is 0.494 e. The summed E-state index contributed by atoms with van der Waals surface area (Å²) in [5.74, 6) is 0.748. The van der Waals surface area contributed by atoms with Gasteiger partial charge >= 0.3 is 6.03 Å². The Labute approximate surface area is 190 Å². The van der Waals surface area contributed by atoms with Crippen molar-refractivity contribution in [3.05, 3.63) is 48.0 Å². The molecule has 1 aliphatic rings. The number of benzene rings is 2. The molecule has 172 valence electrons. The molecule has 2 N–H and O–H groups in total. The zero-order chi connectivity index (χ0) is 22.9. The number of rotatable bonds is 8. The zero-order valence-electron chi connectivity index (χ0n) is 19.3. The number of carbonyl (C=O) groups excluding carboxylic acids is 2. The highest BCUT2D eigenvalue weighted by Gasteiger charge is 2.22. The molecular formula is C25H34N4O3. The Hall–Kier alpha value is -3.22. The highest BCUT2D eigenvalue weighted by Crippen LogP contribution is 2.28. The molecule has 1 saturated heterocycles. The molecule has 0 atom stereocenters. The van der Waals surface area contributed by atoms with Gasteiger partial charge in [-0.2, -0.15) is 0 Å². The van der Waals surface area contributed by atoms with Crippen LogP contribution in [0.15, 0.2) is 42.5 Å². The van der Waals surface area contributed by atoms with Crippen LogP contribution in [0, 0.1) is 0 Å². The number of nitrogens with zero attached hydrogens (tertiary/aromatic N) is 2. The van der Waals surface area contributed by atoms with Crippen molar-refractivity contribution in [2.45, 2.75) is 40.0 Å². The molecule has 0 aromatic heterocycles. The topological polar surface area (TPSA) is 73.9 Å². The molecule has 32 heavy (non-hydrogen) atoms. The minimum absolute atomic E-state index is 0.00820. The number of carbonyl (C=O) groups is 2. The van der Waals surface area contributed by atoms with Gasteiger partial charge in [0.2, 0.25) is 0 Å². The molecule has 0 spiro atoms. The summed E-state index contributed by atoms with van der Waals surface area (Å²) in [6.07, 6.45) is 3.48. The zero-order valence-corrected chi connectivity index (χ0v) is 19.3. The highest BCUT2D eigenvalue weighted by molar-refractivity contribution is 6.04. The Morgan fingerprint density at radius 1 is 0.906 bits per heavy atom. The Bertz CT molecular complexity index is 904. The van der Waals surface area contributed by atoms with Crippen LogP contribution in [-0.4, -0.2) is 49.6 Å². The van der Waals surface area contributed by atoms with Crippen molar-refractivity contribution in [3.8, 4) is 5.75 Å². The van der Waals surface area contributed by atoms with Crippen molar-refractivity contribution in [2.75, 3.05) is 48.3 Å². The quantitative estimate of drug-likeness (QED) is 0.594. The van der Waals surface area contributed by atoms with E-state index in [2.05, 4.69) is 15.5 Å². The van der Waals surface area contributed by atoms with Crippen molar-refractivity contribution >= 4 is 29.0 Å². The summed E-state index contributed by atoms with van der Waals surface area (Å²) in [5.41, 5.74) is 2.83. The van der Waals surface area contributed by atoms with Crippen LogP contribution in [0.4, 0.5) is 21.9 Å². The SMILES string of the molecule is CCOc1ccc(NC(=O)Nc2ccc(N3CCCCC3)c(C(=O)N(CC)CC)c2)cc1. The van der Waals surface area contributed by atoms with Gasteiger partial charge in [-0.05, 0) is 82.5 Å². The Balaban J connectivity index is 1.77. The van der Waals surface area contributed by atoms with E-state index in [1.165, 1.54) is 6.42 Å². The van der Waals surface area contributed by atoms with Gasteiger partial charge in [0.15, 0.2) is 0 Å². The van der Waals surface area contributed by atoms with E-state index in [9.17, 15) is 9.59 Å². The summed E-state index contributed by atoms with van der Waals surface area (Å²) >= 11 is 0. The molecule has 7 heteroatoms. The summed E-state index contributed by atoms with van der Waals surface area (Å²) < 4.78 is 5.43. The minimum atomic E-state index is -0.360. The number of anilines is 3. The molecule has 2 aromatic carbocycles. The van der Waals surface area contributed by atoms with Crippen LogP contribution in [0.25, 0.3) is 0 Å². The van der Waals surface area contributed by atoms with Gasteiger partial charge < -0.3 is 25.2 Å². The van der Waals surface area contributed by atoms with Crippen LogP contribution >= 0.6 is 0 Å². The van der Waals surface area contributed by atoms with Crippen LogP contribution in [0.2, 0.25) is 0 Å². The Morgan fingerprint density at radius 3 is 2.16 bits per heavy atom. The Morgan fingerprint density at radius 2 is 1.53 bits per heavy atom. The Kier molecular flexibility index (Phi) is 8.36. The monoisotopic (exact) mass is 438 g/mol. The third-order valence-corrected chi connectivity index (χ3v) is 5.66. The summed E-state index contributed by atoms with van der Waals surface area (Å²) in [6.45, 7) is 9.66. The van der Waals surface area contributed by atoms with Crippen molar-refractivity contribution in [2.24, 2.45) is 0 Å². The normalized spacial score (nSPS) is 13.4. The first-order chi connectivity index (χ1) is 15.5. The standard InChI is InChI=1S/C25H34N4O3/c1-4-28(5-2)24(30)22-18-20(12-15-23(22)29-16-8-7-9-17-29)27-25(31)26-19-10-13-21(14-11-19)32-6-3/h10-15,18H,4-9,16-17H2,1-3H3,(H2,26,27,31). The summed E-state index contributed by atoms with van der Waals surface area (Å²) in [7, 11) is 0. The van der Waals surface area contributed by atoms with E-state index in [0.717, 1.165) is 37.4 Å². The van der Waals surface area contributed by atoms with Crippen molar-refractivity contribution < 1.29 is 14.3 Å². The smallest absolute Gasteiger partial charge is 0.323 e. The van der Waals surface area contributed by atoms with Crippen LogP contribution < -0.4 is 20.3 Å². The molecule has 3 amide bonds. The van der Waals surface area contributed by atoms with E-state index >= 15 is 0 Å². The number of amides is 3. The second-order valence-electron chi connectivity index (χ2n) is 7.79. The van der Waals surface area contributed by atoms with E-state index in [-0.39, 0.29) is 11.9 Å². The second kappa shape index (κ2) is 11.4. The van der Waals surface area contributed by atoms with E-state index in [1.807, 2.05) is 49.9 Å². The lowest BCUT2D eigenvalue weighted by Gasteiger charge is -2.31. The number of nitrogens with one attached hydrogen (secondary N) is 2. The van der Waals surface area contributed by atoms with Gasteiger partial charge in [-0.15, -0.1) is 0 Å². The van der Waals surface area contributed by atoms with Crippen LogP contribution in [-0.2, 0) is 0 Å². The average molecular weight is 439 g/mol. The molecule has 1 heterocycles. The number of hydrogen-bond acceptors (Lipinski definition) is 4. The first-order valence-electron chi connectivity index (χ1n) is 11.5. The van der Waals surface area contributed by atoms with Gasteiger partial charge in [0, 0.05) is 43.2 Å². The van der Waals surface area contributed by atoms with E-state index in [0.29, 0.717) is 36.6 Å². The highest BCUT2D eigenvalue weighted by atomic mass is 16.5. The molecule has 2 aromatic rings. The van der Waals surface area contributed by atoms with Crippen LogP contribution in [0.5, 0.6) is 5.75 Å². The summed E-state index contributed by atoms with van der Waals surface area (Å²) in [4.78, 5) is 29.9. The lowest BCUT2D eigenvalue weighted by molar-refractivity contribution is 0.0773. The molecule has 0 saturated carbocycles. The summed E-state index contributed by atoms with van der Waals surface area (Å²) in [5, 5.41) is 5.68. The lowest BCUT2D eigenvalue weighted by atomic mass is 10.1. The van der Waals surface area contributed by atoms with E-state index < -0.39 is 0 Å². The van der Waals surface area contributed by atoms with Gasteiger partial charge in [0.05, 0.1) is 12.2 Å². The van der Waals surface area contributed by atoms with Gasteiger partial charge in [0.25, 0.3) is 5.91 Å². The van der Waals surface area contributed by atoms with Crippen LogP contribution in [0.1, 0.15) is 50.4 Å². The van der Waals surface area contributed by atoms with Gasteiger partial charge in [-0.25, -0.2) is 4.79 Å². The fraction of sp³-hybridized carbons (Fsp3) is 0.440. The average Bonchev–Trinajstić information content (AvgIpc) is 2.81. The number of piperidine rings is 1. The predicted octanol–water partition coefficient (Wildman–Crippen LogP) is 5.20. The molecular weight excluding hydrogens is 404 g/mol. The molecule has 0 bridgehead atoms. The van der Waals surface area contributed by atoms with Crippen molar-refractivity contribution in [1.29, 1.82) is 0 Å². The first-order valence-corrected chi connectivity index (χ1v) is 11.5. The van der Waals surface area contributed by atoms with E-state index in [4.69, 9.17) is 4.74 Å². The molecule has 1 fully saturated rings. The maximum absolute atomic E-state index is 13.2. The number of urea groups is 1. The molecule has 0 aliphatic carbocycles. The van der Waals surface area contributed by atoms with E-state index in [1.54, 1.807) is 18.2 Å². The molecule has 0 radical (unpaired) electrons. The maximum Gasteiger partial charge on any atom is 0.323 e. The first kappa shape index (κ1) is 23.4. The minimum Gasteiger partial charge on any atom is -0.494 e. The van der Waals surface area contributed by atoms with Gasteiger partial charge in [-0.3, -0.25) is 4.79 Å². The molecule has 0 unspecified atom stereocenters. The fourth-order valence-corrected chi connectivity index (χ4v) is 3.97. The number of hydrogen-bond donors (Lipinski definition) is 2. The van der Waals surface area contributed by atoms with Crippen LogP contribution in [0.3, 0.4) is 0 Å². The second-order valence-corrected chi connectivity index (χ2v) is 7.79. The predicted molar refractivity (Wildman–Crippen MR) is 130 cm³/mol. The maximum atomic E-state index is 13.2. The summed E-state index contributed by atoms with van der Waals surface area (Å²) in [6, 6.07) is 12.5. The third-order valence-electron chi connectivity index (χ3n) is 5.66. The molecule has 1 aliphatic heterocycles. The molecule has 3 rings (SSSR count). The van der Waals surface area contributed by atoms with Crippen molar-refractivity contribution in [3.63, 3.8) is 0 Å². The fourth-order valence-electron chi connectivity index (χ4n) is 3.97. The van der Waals surface area contributed by atoms with Gasteiger partial charge in [-0.1, -0.05) is 0 Å². The third kappa shape index (κ3) is 5.93. The van der Waals surface area contributed by atoms with Gasteiger partial charge in [0.1, 0.15) is 5.75 Å². The number of ether oxygens (including phenoxy) is 1. The molecule has 7 nitrogen and oxygen atoms in total. The van der Waals surface area contributed by atoms with Crippen molar-refractivity contribution in [1.82, 2.24) is 4.90 Å². The lowest BCUT2D eigenvalue weighted by Crippen LogP contribution is -2.35.